The minimum absolute atomic E-state index is 0.0179. The second-order valence-corrected chi connectivity index (χ2v) is 5.47. The van der Waals surface area contributed by atoms with Crippen molar-refractivity contribution in [2.24, 2.45) is 5.92 Å². The molecule has 0 aromatic heterocycles. The first kappa shape index (κ1) is 11.9. The van der Waals surface area contributed by atoms with Crippen molar-refractivity contribution >= 4 is 5.91 Å². The first-order valence-corrected chi connectivity index (χ1v) is 6.71. The topological polar surface area (TPSA) is 32.3 Å². The molecule has 92 valence electrons. The lowest BCUT2D eigenvalue weighted by Gasteiger charge is -2.36. The highest BCUT2D eigenvalue weighted by Crippen LogP contribution is 2.30. The van der Waals surface area contributed by atoms with E-state index in [0.717, 1.165) is 12.3 Å². The van der Waals surface area contributed by atoms with Gasteiger partial charge in [-0.15, -0.1) is 0 Å². The zero-order valence-electron chi connectivity index (χ0n) is 10.7. The van der Waals surface area contributed by atoms with Crippen molar-refractivity contribution in [3.8, 4) is 0 Å². The van der Waals surface area contributed by atoms with Crippen LogP contribution in [0, 0.1) is 5.92 Å². The first-order valence-electron chi connectivity index (χ1n) is 6.71. The Morgan fingerprint density at radius 3 is 2.44 bits per heavy atom. The minimum atomic E-state index is 0.0179. The Bertz CT molecular complexity index is 259. The molecule has 0 radical (unpaired) electrons. The molecule has 1 heterocycles. The summed E-state index contributed by atoms with van der Waals surface area (Å²) in [5.41, 5.74) is 0. The van der Waals surface area contributed by atoms with E-state index < -0.39 is 0 Å². The van der Waals surface area contributed by atoms with Crippen LogP contribution in [0.5, 0.6) is 0 Å². The summed E-state index contributed by atoms with van der Waals surface area (Å²) in [4.78, 5) is 14.3. The molecule has 1 amide bonds. The Morgan fingerprint density at radius 1 is 1.25 bits per heavy atom. The molecule has 0 spiro atoms. The average Bonchev–Trinajstić information content (AvgIpc) is 2.57. The quantitative estimate of drug-likeness (QED) is 0.779. The van der Waals surface area contributed by atoms with Crippen molar-refractivity contribution in [3.63, 3.8) is 0 Å². The highest BCUT2D eigenvalue weighted by atomic mass is 16.2. The number of amides is 1. The van der Waals surface area contributed by atoms with Gasteiger partial charge in [0.2, 0.25) is 5.91 Å². The molecule has 3 nitrogen and oxygen atoms in total. The average molecular weight is 224 g/mol. The third-order valence-electron chi connectivity index (χ3n) is 4.17. The van der Waals surface area contributed by atoms with Crippen LogP contribution in [0.1, 0.15) is 52.9 Å². The molecule has 1 saturated heterocycles. The standard InChI is InChI=1S/C13H24N2O/c1-4-12-14-10(3)13(16)15(12)11-7-5-9(2)6-8-11/h9-12,14H,4-8H2,1-3H3. The van der Waals surface area contributed by atoms with Gasteiger partial charge in [-0.05, 0) is 44.9 Å². The van der Waals surface area contributed by atoms with Crippen molar-refractivity contribution in [3.05, 3.63) is 0 Å². The van der Waals surface area contributed by atoms with Crippen LogP contribution >= 0.6 is 0 Å². The Morgan fingerprint density at radius 2 is 1.88 bits per heavy atom. The molecular weight excluding hydrogens is 200 g/mol. The second kappa shape index (κ2) is 4.74. The van der Waals surface area contributed by atoms with Crippen LogP contribution in [0.25, 0.3) is 0 Å². The highest BCUT2D eigenvalue weighted by Gasteiger charge is 2.40. The maximum atomic E-state index is 12.1. The molecule has 1 saturated carbocycles. The molecule has 1 N–H and O–H groups in total. The van der Waals surface area contributed by atoms with Crippen LogP contribution in [0.4, 0.5) is 0 Å². The van der Waals surface area contributed by atoms with Crippen molar-refractivity contribution in [2.75, 3.05) is 0 Å². The molecule has 1 aliphatic heterocycles. The largest absolute Gasteiger partial charge is 0.323 e. The third-order valence-corrected chi connectivity index (χ3v) is 4.17. The number of carbonyl (C=O) groups excluding carboxylic acids is 1. The van der Waals surface area contributed by atoms with Crippen LogP contribution < -0.4 is 5.32 Å². The van der Waals surface area contributed by atoms with Crippen molar-refractivity contribution in [2.45, 2.75) is 71.1 Å². The van der Waals surface area contributed by atoms with Gasteiger partial charge in [-0.2, -0.15) is 0 Å². The molecule has 3 heteroatoms. The predicted molar refractivity (Wildman–Crippen MR) is 64.9 cm³/mol. The fourth-order valence-corrected chi connectivity index (χ4v) is 3.09. The number of hydrogen-bond donors (Lipinski definition) is 1. The zero-order valence-corrected chi connectivity index (χ0v) is 10.7. The summed E-state index contributed by atoms with van der Waals surface area (Å²) in [6.07, 6.45) is 6.23. The fraction of sp³-hybridized carbons (Fsp3) is 0.923. The maximum Gasteiger partial charge on any atom is 0.240 e. The van der Waals surface area contributed by atoms with E-state index in [2.05, 4.69) is 24.1 Å². The van der Waals surface area contributed by atoms with Gasteiger partial charge in [-0.1, -0.05) is 13.8 Å². The van der Waals surface area contributed by atoms with E-state index >= 15 is 0 Å². The Balaban J connectivity index is 2.04. The summed E-state index contributed by atoms with van der Waals surface area (Å²) < 4.78 is 0. The molecule has 0 aromatic carbocycles. The number of nitrogens with one attached hydrogen (secondary N) is 1. The molecule has 0 bridgehead atoms. The Labute approximate surface area is 98.6 Å². The summed E-state index contributed by atoms with van der Waals surface area (Å²) in [6.45, 7) is 6.46. The second-order valence-electron chi connectivity index (χ2n) is 5.47. The van der Waals surface area contributed by atoms with E-state index in [1.54, 1.807) is 0 Å². The van der Waals surface area contributed by atoms with Crippen LogP contribution in [-0.2, 0) is 4.79 Å². The number of carbonyl (C=O) groups is 1. The molecule has 2 fully saturated rings. The summed E-state index contributed by atoms with van der Waals surface area (Å²) >= 11 is 0. The Hall–Kier alpha value is -0.570. The third kappa shape index (κ3) is 2.10. The van der Waals surface area contributed by atoms with E-state index in [0.29, 0.717) is 11.9 Å². The van der Waals surface area contributed by atoms with Gasteiger partial charge in [0, 0.05) is 6.04 Å². The van der Waals surface area contributed by atoms with Gasteiger partial charge in [0.05, 0.1) is 12.2 Å². The van der Waals surface area contributed by atoms with E-state index in [4.69, 9.17) is 0 Å². The lowest BCUT2D eigenvalue weighted by atomic mass is 9.86. The molecule has 0 aromatic rings. The molecule has 2 rings (SSSR count). The lowest BCUT2D eigenvalue weighted by molar-refractivity contribution is -0.132. The number of nitrogens with zero attached hydrogens (tertiary/aromatic N) is 1. The summed E-state index contributed by atoms with van der Waals surface area (Å²) in [5, 5.41) is 3.39. The predicted octanol–water partition coefficient (Wildman–Crippen LogP) is 2.12. The van der Waals surface area contributed by atoms with Crippen LogP contribution in [0.2, 0.25) is 0 Å². The Kier molecular flexibility index (Phi) is 3.53. The zero-order chi connectivity index (χ0) is 11.7. The SMILES string of the molecule is CCC1NC(C)C(=O)N1C1CCC(C)CC1. The van der Waals surface area contributed by atoms with Gasteiger partial charge in [0.15, 0.2) is 0 Å². The van der Waals surface area contributed by atoms with E-state index in [1.165, 1.54) is 25.7 Å². The van der Waals surface area contributed by atoms with Crippen molar-refractivity contribution in [1.82, 2.24) is 10.2 Å². The molecule has 16 heavy (non-hydrogen) atoms. The molecule has 2 aliphatic rings. The van der Waals surface area contributed by atoms with Gasteiger partial charge in [0.1, 0.15) is 0 Å². The fourth-order valence-electron chi connectivity index (χ4n) is 3.09. The number of hydrogen-bond acceptors (Lipinski definition) is 2. The smallest absolute Gasteiger partial charge is 0.240 e. The van der Waals surface area contributed by atoms with E-state index in [-0.39, 0.29) is 12.2 Å². The van der Waals surface area contributed by atoms with Gasteiger partial charge in [-0.25, -0.2) is 0 Å². The van der Waals surface area contributed by atoms with E-state index in [9.17, 15) is 4.79 Å². The maximum absolute atomic E-state index is 12.1. The molecule has 2 unspecified atom stereocenters. The summed E-state index contributed by atoms with van der Waals surface area (Å²) in [5.74, 6) is 1.16. The van der Waals surface area contributed by atoms with Gasteiger partial charge in [0.25, 0.3) is 0 Å². The monoisotopic (exact) mass is 224 g/mol. The summed E-state index contributed by atoms with van der Waals surface area (Å²) in [7, 11) is 0. The van der Waals surface area contributed by atoms with Crippen molar-refractivity contribution in [1.29, 1.82) is 0 Å². The normalized spacial score (nSPS) is 40.4. The molecular formula is C13H24N2O. The van der Waals surface area contributed by atoms with Crippen LogP contribution in [0.3, 0.4) is 0 Å². The number of rotatable bonds is 2. The van der Waals surface area contributed by atoms with Crippen LogP contribution in [-0.4, -0.2) is 29.1 Å². The lowest BCUT2D eigenvalue weighted by Crippen LogP contribution is -2.45. The minimum Gasteiger partial charge on any atom is -0.323 e. The molecule has 2 atom stereocenters. The van der Waals surface area contributed by atoms with E-state index in [1.807, 2.05) is 6.92 Å². The van der Waals surface area contributed by atoms with Gasteiger partial charge >= 0.3 is 0 Å². The van der Waals surface area contributed by atoms with Crippen molar-refractivity contribution < 1.29 is 4.79 Å². The summed E-state index contributed by atoms with van der Waals surface area (Å²) in [6, 6.07) is 0.510. The molecule has 1 aliphatic carbocycles. The van der Waals surface area contributed by atoms with Crippen LogP contribution in [0.15, 0.2) is 0 Å². The highest BCUT2D eigenvalue weighted by molar-refractivity contribution is 5.84. The van der Waals surface area contributed by atoms with Gasteiger partial charge < -0.3 is 4.90 Å². The first-order chi connectivity index (χ1) is 7.63. The van der Waals surface area contributed by atoms with Gasteiger partial charge in [-0.3, -0.25) is 10.1 Å².